The Bertz CT molecular complexity index is 520. The highest BCUT2D eigenvalue weighted by atomic mass is 32.2. The monoisotopic (exact) mass is 261 g/mol. The van der Waals surface area contributed by atoms with E-state index in [2.05, 4.69) is 37.1 Å². The predicted molar refractivity (Wildman–Crippen MR) is 77.9 cm³/mol. The maximum atomic E-state index is 5.57. The number of nitrogens with two attached hydrogens (primary N) is 1. The van der Waals surface area contributed by atoms with Gasteiger partial charge in [-0.05, 0) is 55.3 Å². The average molecular weight is 261 g/mol. The molecule has 0 unspecified atom stereocenters. The highest BCUT2D eigenvalue weighted by Gasteiger charge is 1.98. The zero-order chi connectivity index (χ0) is 13.0. The smallest absolute Gasteiger partial charge is 0.145 e. The molecular formula is C14H19N3S. The van der Waals surface area contributed by atoms with Crippen molar-refractivity contribution < 1.29 is 0 Å². The molecule has 96 valence electrons. The maximum absolute atomic E-state index is 5.57. The van der Waals surface area contributed by atoms with Gasteiger partial charge >= 0.3 is 0 Å². The first kappa shape index (κ1) is 13.0. The van der Waals surface area contributed by atoms with Crippen LogP contribution in [0.4, 0.5) is 5.82 Å². The predicted octanol–water partition coefficient (Wildman–Crippen LogP) is 3.26. The SMILES string of the molecule is Cc1ccc(SCCCn2ccc(N)n2)cc1C. The third-order valence-electron chi connectivity index (χ3n) is 2.94. The van der Waals surface area contributed by atoms with Crippen molar-refractivity contribution in [1.29, 1.82) is 0 Å². The van der Waals surface area contributed by atoms with Crippen LogP contribution in [0.3, 0.4) is 0 Å². The van der Waals surface area contributed by atoms with E-state index in [0.29, 0.717) is 5.82 Å². The molecule has 0 bridgehead atoms. The lowest BCUT2D eigenvalue weighted by atomic mass is 10.1. The summed E-state index contributed by atoms with van der Waals surface area (Å²) in [5.41, 5.74) is 8.28. The summed E-state index contributed by atoms with van der Waals surface area (Å²) in [5.74, 6) is 1.69. The van der Waals surface area contributed by atoms with Gasteiger partial charge in [0.2, 0.25) is 0 Å². The highest BCUT2D eigenvalue weighted by molar-refractivity contribution is 7.99. The molecule has 0 radical (unpaired) electrons. The number of benzene rings is 1. The van der Waals surface area contributed by atoms with Crippen molar-refractivity contribution in [3.05, 3.63) is 41.6 Å². The second-order valence-corrected chi connectivity index (χ2v) is 5.62. The molecule has 2 N–H and O–H groups in total. The molecule has 3 nitrogen and oxygen atoms in total. The third-order valence-corrected chi connectivity index (χ3v) is 4.02. The number of anilines is 1. The molecule has 0 spiro atoms. The van der Waals surface area contributed by atoms with Crippen molar-refractivity contribution in [3.63, 3.8) is 0 Å². The number of rotatable bonds is 5. The molecule has 0 aliphatic heterocycles. The summed E-state index contributed by atoms with van der Waals surface area (Å²) >= 11 is 1.90. The van der Waals surface area contributed by atoms with Gasteiger partial charge in [-0.3, -0.25) is 4.68 Å². The fraction of sp³-hybridized carbons (Fsp3) is 0.357. The fourth-order valence-electron chi connectivity index (χ4n) is 1.72. The first-order valence-corrected chi connectivity index (χ1v) is 7.13. The van der Waals surface area contributed by atoms with E-state index in [-0.39, 0.29) is 0 Å². The summed E-state index contributed by atoms with van der Waals surface area (Å²) in [5, 5.41) is 4.17. The lowest BCUT2D eigenvalue weighted by Gasteiger charge is -2.05. The zero-order valence-electron chi connectivity index (χ0n) is 10.9. The van der Waals surface area contributed by atoms with E-state index in [9.17, 15) is 0 Å². The molecule has 18 heavy (non-hydrogen) atoms. The minimum absolute atomic E-state index is 0.594. The largest absolute Gasteiger partial charge is 0.382 e. The summed E-state index contributed by atoms with van der Waals surface area (Å²) in [6.07, 6.45) is 3.02. The van der Waals surface area contributed by atoms with Gasteiger partial charge in [0, 0.05) is 17.6 Å². The summed E-state index contributed by atoms with van der Waals surface area (Å²) in [6.45, 7) is 5.23. The Morgan fingerprint density at radius 2 is 2.06 bits per heavy atom. The van der Waals surface area contributed by atoms with Crippen LogP contribution < -0.4 is 5.73 Å². The third kappa shape index (κ3) is 3.53. The number of aromatic nitrogens is 2. The lowest BCUT2D eigenvalue weighted by Crippen LogP contribution is -2.00. The minimum atomic E-state index is 0.594. The van der Waals surface area contributed by atoms with Crippen molar-refractivity contribution in [2.75, 3.05) is 11.5 Å². The van der Waals surface area contributed by atoms with Gasteiger partial charge in [0.1, 0.15) is 5.82 Å². The highest BCUT2D eigenvalue weighted by Crippen LogP contribution is 2.21. The van der Waals surface area contributed by atoms with Crippen molar-refractivity contribution >= 4 is 17.6 Å². The number of nitrogen functional groups attached to an aromatic ring is 1. The van der Waals surface area contributed by atoms with E-state index in [0.717, 1.165) is 18.7 Å². The second kappa shape index (κ2) is 5.96. The first-order valence-electron chi connectivity index (χ1n) is 6.14. The van der Waals surface area contributed by atoms with Crippen molar-refractivity contribution in [3.8, 4) is 0 Å². The van der Waals surface area contributed by atoms with Crippen LogP contribution in [-0.2, 0) is 6.54 Å². The summed E-state index contributed by atoms with van der Waals surface area (Å²) in [6, 6.07) is 8.47. The standard InChI is InChI=1S/C14H19N3S/c1-11-4-5-13(10-12(11)2)18-9-3-7-17-8-6-14(15)16-17/h4-6,8,10H,3,7,9H2,1-2H3,(H2,15,16). The molecule has 1 aromatic heterocycles. The van der Waals surface area contributed by atoms with E-state index >= 15 is 0 Å². The number of thioether (sulfide) groups is 1. The van der Waals surface area contributed by atoms with Gasteiger partial charge in [0.25, 0.3) is 0 Å². The zero-order valence-corrected chi connectivity index (χ0v) is 11.7. The molecule has 2 aromatic rings. The molecule has 0 saturated carbocycles. The molecule has 0 fully saturated rings. The molecule has 0 aliphatic rings. The normalized spacial score (nSPS) is 10.8. The Kier molecular flexibility index (Phi) is 4.31. The number of hydrogen-bond acceptors (Lipinski definition) is 3. The second-order valence-electron chi connectivity index (χ2n) is 4.45. The van der Waals surface area contributed by atoms with Crippen molar-refractivity contribution in [2.24, 2.45) is 0 Å². The van der Waals surface area contributed by atoms with Gasteiger partial charge < -0.3 is 5.73 Å². The van der Waals surface area contributed by atoms with E-state index < -0.39 is 0 Å². The van der Waals surface area contributed by atoms with Crippen LogP contribution in [-0.4, -0.2) is 15.5 Å². The van der Waals surface area contributed by atoms with Crippen LogP contribution in [0.15, 0.2) is 35.4 Å². The molecule has 1 aromatic carbocycles. The molecule has 1 heterocycles. The Morgan fingerprint density at radius 1 is 1.22 bits per heavy atom. The van der Waals surface area contributed by atoms with E-state index in [4.69, 9.17) is 5.73 Å². The molecule has 2 rings (SSSR count). The fourth-order valence-corrected chi connectivity index (χ4v) is 2.66. The summed E-state index contributed by atoms with van der Waals surface area (Å²) in [4.78, 5) is 1.35. The molecule has 0 atom stereocenters. The van der Waals surface area contributed by atoms with Crippen molar-refractivity contribution in [2.45, 2.75) is 31.7 Å². The van der Waals surface area contributed by atoms with E-state index in [1.807, 2.05) is 28.7 Å². The van der Waals surface area contributed by atoms with Gasteiger partial charge in [-0.1, -0.05) is 6.07 Å². The van der Waals surface area contributed by atoms with Crippen LogP contribution in [0.1, 0.15) is 17.5 Å². The van der Waals surface area contributed by atoms with Gasteiger partial charge in [-0.2, -0.15) is 5.10 Å². The average Bonchev–Trinajstić information content (AvgIpc) is 2.75. The Morgan fingerprint density at radius 3 is 2.72 bits per heavy atom. The molecule has 0 aliphatic carbocycles. The molecular weight excluding hydrogens is 242 g/mol. The van der Waals surface area contributed by atoms with Gasteiger partial charge in [-0.15, -0.1) is 11.8 Å². The van der Waals surface area contributed by atoms with E-state index in [1.165, 1.54) is 16.0 Å². The summed E-state index contributed by atoms with van der Waals surface area (Å²) < 4.78 is 1.90. The molecule has 4 heteroatoms. The first-order chi connectivity index (χ1) is 8.65. The maximum Gasteiger partial charge on any atom is 0.145 e. The number of nitrogens with zero attached hydrogens (tertiary/aromatic N) is 2. The molecule has 0 saturated heterocycles. The van der Waals surface area contributed by atoms with Crippen molar-refractivity contribution in [1.82, 2.24) is 9.78 Å². The van der Waals surface area contributed by atoms with Crippen LogP contribution >= 0.6 is 11.8 Å². The van der Waals surface area contributed by atoms with Crippen LogP contribution in [0.5, 0.6) is 0 Å². The van der Waals surface area contributed by atoms with Crippen LogP contribution in [0.25, 0.3) is 0 Å². The summed E-state index contributed by atoms with van der Waals surface area (Å²) in [7, 11) is 0. The Balaban J connectivity index is 1.76. The Labute approximate surface area is 112 Å². The lowest BCUT2D eigenvalue weighted by molar-refractivity contribution is 0.608. The Hall–Kier alpha value is -1.42. The number of aryl methyl sites for hydroxylation is 3. The minimum Gasteiger partial charge on any atom is -0.382 e. The topological polar surface area (TPSA) is 43.8 Å². The van der Waals surface area contributed by atoms with Gasteiger partial charge in [-0.25, -0.2) is 0 Å². The van der Waals surface area contributed by atoms with Crippen LogP contribution in [0, 0.1) is 13.8 Å². The van der Waals surface area contributed by atoms with Gasteiger partial charge in [0.15, 0.2) is 0 Å². The van der Waals surface area contributed by atoms with Crippen LogP contribution in [0.2, 0.25) is 0 Å². The quantitative estimate of drug-likeness (QED) is 0.663. The van der Waals surface area contributed by atoms with E-state index in [1.54, 1.807) is 0 Å². The van der Waals surface area contributed by atoms with Gasteiger partial charge in [0.05, 0.1) is 0 Å². The number of hydrogen-bond donors (Lipinski definition) is 1. The molecule has 0 amide bonds.